The van der Waals surface area contributed by atoms with Gasteiger partial charge in [0.15, 0.2) is 0 Å². The fourth-order valence-corrected chi connectivity index (χ4v) is 1.96. The van der Waals surface area contributed by atoms with Crippen LogP contribution in [0.3, 0.4) is 0 Å². The van der Waals surface area contributed by atoms with Crippen LogP contribution in [-0.4, -0.2) is 54.1 Å². The molecule has 0 unspecified atom stereocenters. The number of hydrogen-bond acceptors (Lipinski definition) is 4. The first kappa shape index (κ1) is 17.5. The normalized spacial score (nSPS) is 10.6. The van der Waals surface area contributed by atoms with Crippen LogP contribution in [0.5, 0.6) is 5.75 Å². The zero-order valence-corrected chi connectivity index (χ0v) is 12.9. The van der Waals surface area contributed by atoms with Crippen LogP contribution < -0.4 is 4.74 Å². The van der Waals surface area contributed by atoms with Crippen molar-refractivity contribution in [1.29, 1.82) is 0 Å². The molecule has 0 aliphatic rings. The molecule has 1 aromatic carbocycles. The summed E-state index contributed by atoms with van der Waals surface area (Å²) in [4.78, 5) is 2.29. The van der Waals surface area contributed by atoms with Crippen molar-refractivity contribution in [3.05, 3.63) is 29.8 Å². The molecule has 0 aliphatic heterocycles. The molecule has 0 amide bonds. The van der Waals surface area contributed by atoms with Gasteiger partial charge in [0, 0.05) is 31.3 Å². The number of aliphatic hydroxyl groups is 2. The van der Waals surface area contributed by atoms with Crippen molar-refractivity contribution in [2.24, 2.45) is 0 Å². The SMILES string of the molecule is CC(C)N(CCCO)CCOc1ccc(C#CCO)cc1. The lowest BCUT2D eigenvalue weighted by Crippen LogP contribution is -2.35. The van der Waals surface area contributed by atoms with Crippen LogP contribution in [0.25, 0.3) is 0 Å². The van der Waals surface area contributed by atoms with Crippen LogP contribution in [0.15, 0.2) is 24.3 Å². The summed E-state index contributed by atoms with van der Waals surface area (Å²) in [7, 11) is 0. The maximum absolute atomic E-state index is 8.90. The molecule has 0 bridgehead atoms. The molecule has 0 heterocycles. The Kier molecular flexibility index (Phi) is 8.53. The average Bonchev–Trinajstić information content (AvgIpc) is 2.49. The summed E-state index contributed by atoms with van der Waals surface area (Å²) in [6, 6.07) is 7.97. The summed E-state index contributed by atoms with van der Waals surface area (Å²) in [6.45, 7) is 6.72. The first-order valence-corrected chi connectivity index (χ1v) is 7.35. The van der Waals surface area contributed by atoms with Crippen molar-refractivity contribution in [3.8, 4) is 17.6 Å². The highest BCUT2D eigenvalue weighted by Crippen LogP contribution is 2.11. The Labute approximate surface area is 127 Å². The number of nitrogens with zero attached hydrogens (tertiary/aromatic N) is 1. The van der Waals surface area contributed by atoms with Crippen LogP contribution in [0.1, 0.15) is 25.8 Å². The first-order chi connectivity index (χ1) is 10.2. The number of ether oxygens (including phenoxy) is 1. The fourth-order valence-electron chi connectivity index (χ4n) is 1.96. The molecule has 0 aliphatic carbocycles. The molecule has 1 rings (SSSR count). The molecule has 21 heavy (non-hydrogen) atoms. The predicted molar refractivity (Wildman–Crippen MR) is 84.3 cm³/mol. The maximum Gasteiger partial charge on any atom is 0.119 e. The molecular weight excluding hydrogens is 266 g/mol. The van der Waals surface area contributed by atoms with Gasteiger partial charge in [0.1, 0.15) is 19.0 Å². The largest absolute Gasteiger partial charge is 0.492 e. The van der Waals surface area contributed by atoms with Crippen LogP contribution >= 0.6 is 0 Å². The van der Waals surface area contributed by atoms with E-state index in [0.717, 1.165) is 30.8 Å². The Hall–Kier alpha value is -1.54. The molecule has 0 fully saturated rings. The smallest absolute Gasteiger partial charge is 0.119 e. The highest BCUT2D eigenvalue weighted by atomic mass is 16.5. The van der Waals surface area contributed by atoms with Crippen molar-refractivity contribution in [2.45, 2.75) is 26.3 Å². The summed E-state index contributed by atoms with van der Waals surface area (Å²) in [6.07, 6.45) is 0.788. The number of benzene rings is 1. The van der Waals surface area contributed by atoms with Gasteiger partial charge < -0.3 is 14.9 Å². The van der Waals surface area contributed by atoms with E-state index in [1.165, 1.54) is 0 Å². The van der Waals surface area contributed by atoms with Gasteiger partial charge in [-0.3, -0.25) is 4.90 Å². The third kappa shape index (κ3) is 7.14. The summed E-state index contributed by atoms with van der Waals surface area (Å²) in [5.74, 6) is 6.27. The van der Waals surface area contributed by atoms with Crippen LogP contribution in [0.2, 0.25) is 0 Å². The number of hydrogen-bond donors (Lipinski definition) is 2. The molecule has 0 saturated heterocycles. The van der Waals surface area contributed by atoms with Gasteiger partial charge in [-0.2, -0.15) is 0 Å². The van der Waals surface area contributed by atoms with Crippen LogP contribution in [0.4, 0.5) is 0 Å². The molecule has 4 heteroatoms. The Balaban J connectivity index is 2.40. The molecule has 0 atom stereocenters. The number of aliphatic hydroxyl groups excluding tert-OH is 2. The quantitative estimate of drug-likeness (QED) is 0.713. The Bertz CT molecular complexity index is 445. The highest BCUT2D eigenvalue weighted by Gasteiger charge is 2.08. The molecule has 0 aromatic heterocycles. The van der Waals surface area contributed by atoms with Crippen LogP contribution in [0, 0.1) is 11.8 Å². The molecule has 1 aromatic rings. The first-order valence-electron chi connectivity index (χ1n) is 7.35. The average molecular weight is 291 g/mol. The summed E-state index contributed by atoms with van der Waals surface area (Å²) in [5, 5.41) is 17.5. The second kappa shape index (κ2) is 10.2. The molecule has 2 N–H and O–H groups in total. The van der Waals surface area contributed by atoms with Crippen molar-refractivity contribution >= 4 is 0 Å². The van der Waals surface area contributed by atoms with Crippen molar-refractivity contribution < 1.29 is 14.9 Å². The van der Waals surface area contributed by atoms with Crippen LogP contribution in [-0.2, 0) is 0 Å². The van der Waals surface area contributed by atoms with E-state index in [9.17, 15) is 0 Å². The van der Waals surface area contributed by atoms with Gasteiger partial charge in [0.2, 0.25) is 0 Å². The molecule has 0 spiro atoms. The minimum absolute atomic E-state index is 0.128. The monoisotopic (exact) mass is 291 g/mol. The van der Waals surface area contributed by atoms with E-state index in [-0.39, 0.29) is 13.2 Å². The van der Waals surface area contributed by atoms with Crippen molar-refractivity contribution in [2.75, 3.05) is 32.9 Å². The van der Waals surface area contributed by atoms with E-state index in [0.29, 0.717) is 12.6 Å². The van der Waals surface area contributed by atoms with E-state index in [1.54, 1.807) is 0 Å². The van der Waals surface area contributed by atoms with E-state index in [4.69, 9.17) is 14.9 Å². The maximum atomic E-state index is 8.90. The van der Waals surface area contributed by atoms with E-state index < -0.39 is 0 Å². The molecule has 4 nitrogen and oxygen atoms in total. The topological polar surface area (TPSA) is 52.9 Å². The standard InChI is InChI=1S/C17H25NO3/c1-15(2)18(10-4-13-20)11-14-21-17-8-6-16(7-9-17)5-3-12-19/h6-9,15,19-20H,4,10-14H2,1-2H3. The predicted octanol–water partition coefficient (Wildman–Crippen LogP) is 1.50. The summed E-state index contributed by atoms with van der Waals surface area (Å²) < 4.78 is 5.72. The minimum Gasteiger partial charge on any atom is -0.492 e. The van der Waals surface area contributed by atoms with Gasteiger partial charge in [0.25, 0.3) is 0 Å². The zero-order chi connectivity index (χ0) is 15.5. The second-order valence-electron chi connectivity index (χ2n) is 5.04. The van der Waals surface area contributed by atoms with E-state index >= 15 is 0 Å². The molecule has 0 radical (unpaired) electrons. The Morgan fingerprint density at radius 1 is 1.14 bits per heavy atom. The molecular formula is C17H25NO3. The van der Waals surface area contributed by atoms with Gasteiger partial charge in [0.05, 0.1) is 0 Å². The lowest BCUT2D eigenvalue weighted by Gasteiger charge is -2.26. The van der Waals surface area contributed by atoms with Gasteiger partial charge in [-0.05, 0) is 44.5 Å². The summed E-state index contributed by atoms with van der Waals surface area (Å²) >= 11 is 0. The van der Waals surface area contributed by atoms with E-state index in [2.05, 4.69) is 30.6 Å². The summed E-state index contributed by atoms with van der Waals surface area (Å²) in [5.41, 5.74) is 0.864. The second-order valence-corrected chi connectivity index (χ2v) is 5.04. The molecule has 0 saturated carbocycles. The van der Waals surface area contributed by atoms with Crippen molar-refractivity contribution in [3.63, 3.8) is 0 Å². The Morgan fingerprint density at radius 2 is 1.86 bits per heavy atom. The van der Waals surface area contributed by atoms with Gasteiger partial charge in [-0.15, -0.1) is 0 Å². The van der Waals surface area contributed by atoms with Crippen molar-refractivity contribution in [1.82, 2.24) is 4.90 Å². The zero-order valence-electron chi connectivity index (χ0n) is 12.9. The Morgan fingerprint density at radius 3 is 2.43 bits per heavy atom. The fraction of sp³-hybridized carbons (Fsp3) is 0.529. The molecule has 116 valence electrons. The third-order valence-electron chi connectivity index (χ3n) is 3.15. The van der Waals surface area contributed by atoms with Gasteiger partial charge >= 0.3 is 0 Å². The van der Waals surface area contributed by atoms with Gasteiger partial charge in [-0.25, -0.2) is 0 Å². The number of rotatable bonds is 8. The van der Waals surface area contributed by atoms with Gasteiger partial charge in [-0.1, -0.05) is 11.8 Å². The minimum atomic E-state index is -0.128. The lowest BCUT2D eigenvalue weighted by atomic mass is 10.2. The highest BCUT2D eigenvalue weighted by molar-refractivity contribution is 5.38. The third-order valence-corrected chi connectivity index (χ3v) is 3.15. The van der Waals surface area contributed by atoms with E-state index in [1.807, 2.05) is 24.3 Å². The lowest BCUT2D eigenvalue weighted by molar-refractivity contribution is 0.160.